The van der Waals surface area contributed by atoms with Gasteiger partial charge in [-0.15, -0.1) is 11.3 Å². The maximum atomic E-state index is 14.6. The molecule has 0 bridgehead atoms. The smallest absolute Gasteiger partial charge is 0.245 e. The van der Waals surface area contributed by atoms with Gasteiger partial charge in [-0.2, -0.15) is 0 Å². The summed E-state index contributed by atoms with van der Waals surface area (Å²) < 4.78 is 0. The van der Waals surface area contributed by atoms with Crippen LogP contribution in [0.25, 0.3) is 11.3 Å². The molecule has 178 valence electrons. The van der Waals surface area contributed by atoms with Gasteiger partial charge in [-0.05, 0) is 43.0 Å². The fourth-order valence-electron chi connectivity index (χ4n) is 4.58. The summed E-state index contributed by atoms with van der Waals surface area (Å²) in [7, 11) is 0. The van der Waals surface area contributed by atoms with Crippen LogP contribution in [0.1, 0.15) is 33.7 Å². The molecular formula is C32H28N2OS. The molecule has 0 saturated heterocycles. The first-order valence-corrected chi connectivity index (χ1v) is 12.9. The Balaban J connectivity index is 1.67. The third kappa shape index (κ3) is 4.73. The van der Waals surface area contributed by atoms with Gasteiger partial charge in [0.15, 0.2) is 5.13 Å². The summed E-state index contributed by atoms with van der Waals surface area (Å²) in [5.41, 5.74) is 8.00. The van der Waals surface area contributed by atoms with Crippen molar-refractivity contribution in [1.82, 2.24) is 4.98 Å². The molecule has 0 spiro atoms. The summed E-state index contributed by atoms with van der Waals surface area (Å²) in [6.45, 7) is 6.18. The van der Waals surface area contributed by atoms with E-state index in [0.717, 1.165) is 39.2 Å². The van der Waals surface area contributed by atoms with E-state index in [2.05, 4.69) is 57.2 Å². The highest BCUT2D eigenvalue weighted by Gasteiger charge is 2.32. The maximum absolute atomic E-state index is 14.6. The second kappa shape index (κ2) is 10.3. The van der Waals surface area contributed by atoms with E-state index in [1.807, 2.05) is 77.0 Å². The maximum Gasteiger partial charge on any atom is 0.245 e. The normalized spacial score (nSPS) is 11.0. The van der Waals surface area contributed by atoms with Crippen molar-refractivity contribution in [3.8, 4) is 11.3 Å². The largest absolute Gasteiger partial charge is 0.273 e. The standard InChI is InChI=1S/C32H28N2OS/c1-22-17-19-25(20-18-22)28-21-36-32(33-28)34(30-23(2)11-10-12-24(30)3)31(35)29(26-13-6-4-7-14-26)27-15-8-5-9-16-27/h4-21,29H,1-3H3. The van der Waals surface area contributed by atoms with E-state index in [-0.39, 0.29) is 5.91 Å². The number of benzene rings is 4. The lowest BCUT2D eigenvalue weighted by Crippen LogP contribution is -2.33. The van der Waals surface area contributed by atoms with E-state index in [9.17, 15) is 4.79 Å². The van der Waals surface area contributed by atoms with Gasteiger partial charge in [0, 0.05) is 10.9 Å². The highest BCUT2D eigenvalue weighted by Crippen LogP contribution is 2.39. The number of hydrogen-bond acceptors (Lipinski definition) is 3. The van der Waals surface area contributed by atoms with Crippen molar-refractivity contribution >= 4 is 28.1 Å². The Morgan fingerprint density at radius 1 is 0.722 bits per heavy atom. The predicted octanol–water partition coefficient (Wildman–Crippen LogP) is 8.23. The van der Waals surface area contributed by atoms with Gasteiger partial charge >= 0.3 is 0 Å². The summed E-state index contributed by atoms with van der Waals surface area (Å²) in [6, 6.07) is 34.5. The van der Waals surface area contributed by atoms with Crippen molar-refractivity contribution in [2.24, 2.45) is 0 Å². The Labute approximate surface area is 216 Å². The Morgan fingerprint density at radius 3 is 1.83 bits per heavy atom. The second-order valence-corrected chi connectivity index (χ2v) is 9.89. The fourth-order valence-corrected chi connectivity index (χ4v) is 5.42. The van der Waals surface area contributed by atoms with Gasteiger partial charge in [0.2, 0.25) is 5.91 Å². The number of carbonyl (C=O) groups excluding carboxylic acids is 1. The summed E-state index contributed by atoms with van der Waals surface area (Å²) >= 11 is 1.50. The zero-order valence-electron chi connectivity index (χ0n) is 20.7. The van der Waals surface area contributed by atoms with Crippen LogP contribution >= 0.6 is 11.3 Å². The number of anilines is 2. The fraction of sp³-hybridized carbons (Fsp3) is 0.125. The quantitative estimate of drug-likeness (QED) is 0.241. The number of thiazole rings is 1. The Morgan fingerprint density at radius 2 is 1.28 bits per heavy atom. The highest BCUT2D eigenvalue weighted by molar-refractivity contribution is 7.14. The minimum absolute atomic E-state index is 0.0189. The lowest BCUT2D eigenvalue weighted by atomic mass is 9.89. The molecule has 0 saturated carbocycles. The van der Waals surface area contributed by atoms with E-state index in [1.165, 1.54) is 16.9 Å². The minimum atomic E-state index is -0.460. The lowest BCUT2D eigenvalue weighted by Gasteiger charge is -2.28. The molecule has 0 aliphatic carbocycles. The van der Waals surface area contributed by atoms with Crippen LogP contribution in [-0.2, 0) is 4.79 Å². The molecule has 4 heteroatoms. The molecule has 5 rings (SSSR count). The van der Waals surface area contributed by atoms with Gasteiger partial charge in [-0.25, -0.2) is 4.98 Å². The Kier molecular flexibility index (Phi) is 6.79. The minimum Gasteiger partial charge on any atom is -0.273 e. The van der Waals surface area contributed by atoms with Gasteiger partial charge in [-0.3, -0.25) is 9.69 Å². The van der Waals surface area contributed by atoms with E-state index in [1.54, 1.807) is 0 Å². The third-order valence-corrected chi connectivity index (χ3v) is 7.25. The molecule has 3 nitrogen and oxygen atoms in total. The number of para-hydroxylation sites is 1. The van der Waals surface area contributed by atoms with Crippen LogP contribution in [0.4, 0.5) is 10.8 Å². The van der Waals surface area contributed by atoms with Crippen molar-refractivity contribution in [1.29, 1.82) is 0 Å². The summed E-state index contributed by atoms with van der Waals surface area (Å²) in [4.78, 5) is 21.4. The molecule has 5 aromatic rings. The zero-order valence-corrected chi connectivity index (χ0v) is 21.5. The van der Waals surface area contributed by atoms with Crippen molar-refractivity contribution in [3.05, 3.63) is 136 Å². The van der Waals surface area contributed by atoms with E-state index < -0.39 is 5.92 Å². The molecule has 0 N–H and O–H groups in total. The average molecular weight is 489 g/mol. The molecule has 1 aromatic heterocycles. The summed E-state index contributed by atoms with van der Waals surface area (Å²) in [6.07, 6.45) is 0. The topological polar surface area (TPSA) is 33.2 Å². The SMILES string of the molecule is Cc1ccc(-c2csc(N(C(=O)C(c3ccccc3)c3ccccc3)c3c(C)cccc3C)n2)cc1. The molecule has 0 aliphatic rings. The first-order chi connectivity index (χ1) is 17.5. The molecule has 36 heavy (non-hydrogen) atoms. The van der Waals surface area contributed by atoms with Gasteiger partial charge < -0.3 is 0 Å². The number of amides is 1. The van der Waals surface area contributed by atoms with Crippen molar-refractivity contribution < 1.29 is 4.79 Å². The third-order valence-electron chi connectivity index (χ3n) is 6.43. The Hall–Kier alpha value is -4.02. The van der Waals surface area contributed by atoms with Gasteiger partial charge in [0.1, 0.15) is 0 Å². The molecule has 0 unspecified atom stereocenters. The number of nitrogens with zero attached hydrogens (tertiary/aromatic N) is 2. The molecular weight excluding hydrogens is 460 g/mol. The predicted molar refractivity (Wildman–Crippen MR) is 150 cm³/mol. The Bertz CT molecular complexity index is 1410. The summed E-state index contributed by atoms with van der Waals surface area (Å²) in [5, 5.41) is 2.71. The van der Waals surface area contributed by atoms with Crippen molar-refractivity contribution in [3.63, 3.8) is 0 Å². The monoisotopic (exact) mass is 488 g/mol. The molecule has 1 amide bonds. The van der Waals surface area contributed by atoms with E-state index >= 15 is 0 Å². The van der Waals surface area contributed by atoms with E-state index in [4.69, 9.17) is 4.98 Å². The van der Waals surface area contributed by atoms with Crippen molar-refractivity contribution in [2.75, 3.05) is 4.90 Å². The molecule has 0 atom stereocenters. The number of aromatic nitrogens is 1. The van der Waals surface area contributed by atoms with Crippen LogP contribution in [0.5, 0.6) is 0 Å². The van der Waals surface area contributed by atoms with Crippen molar-refractivity contribution in [2.45, 2.75) is 26.7 Å². The lowest BCUT2D eigenvalue weighted by molar-refractivity contribution is -0.118. The van der Waals surface area contributed by atoms with Gasteiger partial charge in [0.25, 0.3) is 0 Å². The average Bonchev–Trinajstić information content (AvgIpc) is 3.38. The van der Waals surface area contributed by atoms with Gasteiger partial charge in [-0.1, -0.05) is 109 Å². The molecule has 1 heterocycles. The van der Waals surface area contributed by atoms with Crippen LogP contribution in [0, 0.1) is 20.8 Å². The number of hydrogen-bond donors (Lipinski definition) is 0. The zero-order chi connectivity index (χ0) is 25.1. The van der Waals surface area contributed by atoms with E-state index in [0.29, 0.717) is 5.13 Å². The second-order valence-electron chi connectivity index (χ2n) is 9.05. The highest BCUT2D eigenvalue weighted by atomic mass is 32.1. The molecule has 0 aliphatic heterocycles. The first kappa shape index (κ1) is 23.7. The van der Waals surface area contributed by atoms with Crippen LogP contribution < -0.4 is 4.90 Å². The van der Waals surface area contributed by atoms with Crippen LogP contribution in [0.2, 0.25) is 0 Å². The number of aryl methyl sites for hydroxylation is 3. The number of carbonyl (C=O) groups is 1. The molecule has 0 fully saturated rings. The first-order valence-electron chi connectivity index (χ1n) is 12.1. The number of rotatable bonds is 6. The summed E-state index contributed by atoms with van der Waals surface area (Å²) in [5.74, 6) is -0.479. The molecule has 4 aromatic carbocycles. The van der Waals surface area contributed by atoms with Crippen LogP contribution in [-0.4, -0.2) is 10.9 Å². The van der Waals surface area contributed by atoms with Crippen LogP contribution in [0.3, 0.4) is 0 Å². The van der Waals surface area contributed by atoms with Crippen LogP contribution in [0.15, 0.2) is 109 Å². The van der Waals surface area contributed by atoms with Gasteiger partial charge in [0.05, 0.1) is 17.3 Å². The molecule has 0 radical (unpaired) electrons.